The summed E-state index contributed by atoms with van der Waals surface area (Å²) in [4.78, 5) is 26.2. The van der Waals surface area contributed by atoms with Crippen molar-refractivity contribution < 1.29 is 19.1 Å². The van der Waals surface area contributed by atoms with Crippen LogP contribution in [0.5, 0.6) is 11.5 Å². The van der Waals surface area contributed by atoms with Crippen LogP contribution in [0.3, 0.4) is 0 Å². The van der Waals surface area contributed by atoms with Gasteiger partial charge in [-0.2, -0.15) is 0 Å². The van der Waals surface area contributed by atoms with E-state index in [1.54, 1.807) is 32.4 Å². The minimum atomic E-state index is -0.301. The van der Waals surface area contributed by atoms with Gasteiger partial charge in [0.15, 0.2) is 11.5 Å². The third-order valence-corrected chi connectivity index (χ3v) is 6.09. The predicted octanol–water partition coefficient (Wildman–Crippen LogP) is 3.99. The molecule has 2 aliphatic carbocycles. The first-order valence-electron chi connectivity index (χ1n) is 11.2. The molecule has 2 fully saturated rings. The highest BCUT2D eigenvalue weighted by atomic mass is 16.5. The van der Waals surface area contributed by atoms with E-state index in [1.165, 1.54) is 12.8 Å². The summed E-state index contributed by atoms with van der Waals surface area (Å²) in [5, 5.41) is 6.17. The number of carbonyl (C=O) groups excluding carboxylic acids is 2. The maximum atomic E-state index is 13.1. The molecular weight excluding hydrogens is 380 g/mol. The van der Waals surface area contributed by atoms with Crippen LogP contribution in [0.1, 0.15) is 69.8 Å². The Kier molecular flexibility index (Phi) is 8.17. The second kappa shape index (κ2) is 11.0. The smallest absolute Gasteiger partial charge is 0.257 e. The van der Waals surface area contributed by atoms with E-state index in [0.717, 1.165) is 56.9 Å². The summed E-state index contributed by atoms with van der Waals surface area (Å²) in [5.74, 6) is 0.565. The van der Waals surface area contributed by atoms with E-state index in [0.29, 0.717) is 11.5 Å². The van der Waals surface area contributed by atoms with Gasteiger partial charge in [0, 0.05) is 12.1 Å². The highest BCUT2D eigenvalue weighted by Crippen LogP contribution is 2.28. The Labute approximate surface area is 179 Å². The lowest BCUT2D eigenvalue weighted by molar-refractivity contribution is -0.124. The van der Waals surface area contributed by atoms with Crippen molar-refractivity contribution in [3.8, 4) is 11.5 Å². The average Bonchev–Trinajstić information content (AvgIpc) is 2.78. The first kappa shape index (κ1) is 22.2. The van der Waals surface area contributed by atoms with E-state index in [1.807, 2.05) is 6.07 Å². The van der Waals surface area contributed by atoms with Gasteiger partial charge in [-0.25, -0.2) is 0 Å². The molecule has 0 atom stereocenters. The third kappa shape index (κ3) is 6.00. The molecule has 30 heavy (non-hydrogen) atoms. The van der Waals surface area contributed by atoms with Crippen LogP contribution in [-0.2, 0) is 9.59 Å². The molecule has 2 N–H and O–H groups in total. The molecule has 1 aromatic rings. The second-order valence-corrected chi connectivity index (χ2v) is 8.29. The summed E-state index contributed by atoms with van der Waals surface area (Å²) >= 11 is 0. The van der Waals surface area contributed by atoms with Gasteiger partial charge in [0.2, 0.25) is 0 Å². The van der Waals surface area contributed by atoms with Crippen LogP contribution in [0.4, 0.5) is 0 Å². The summed E-state index contributed by atoms with van der Waals surface area (Å²) in [6, 6.07) is 5.66. The molecule has 6 heteroatoms. The molecule has 0 bridgehead atoms. The van der Waals surface area contributed by atoms with Gasteiger partial charge in [-0.3, -0.25) is 9.59 Å². The summed E-state index contributed by atoms with van der Waals surface area (Å²) < 4.78 is 10.7. The van der Waals surface area contributed by atoms with E-state index in [9.17, 15) is 9.59 Å². The van der Waals surface area contributed by atoms with E-state index in [2.05, 4.69) is 10.6 Å². The largest absolute Gasteiger partial charge is 0.493 e. The number of benzene rings is 1. The van der Waals surface area contributed by atoms with Gasteiger partial charge in [0.05, 0.1) is 14.2 Å². The fourth-order valence-electron chi connectivity index (χ4n) is 4.36. The van der Waals surface area contributed by atoms with Gasteiger partial charge in [0.1, 0.15) is 5.57 Å². The average molecular weight is 415 g/mol. The van der Waals surface area contributed by atoms with E-state index in [4.69, 9.17) is 9.47 Å². The Morgan fingerprint density at radius 2 is 1.30 bits per heavy atom. The fourth-order valence-corrected chi connectivity index (χ4v) is 4.36. The zero-order valence-electron chi connectivity index (χ0n) is 18.2. The number of hydrogen-bond donors (Lipinski definition) is 2. The summed E-state index contributed by atoms with van der Waals surface area (Å²) in [5.41, 5.74) is 0.874. The molecule has 1 aromatic carbocycles. The number of methoxy groups -OCH3 is 2. The monoisotopic (exact) mass is 414 g/mol. The van der Waals surface area contributed by atoms with Crippen molar-refractivity contribution in [3.63, 3.8) is 0 Å². The fraction of sp³-hybridized carbons (Fsp3) is 0.583. The standard InChI is InChI=1S/C24H34N2O4/c1-29-21-14-13-17(16-22(21)30-2)15-20(23(27)25-18-9-5-3-6-10-18)24(28)26-19-11-7-4-8-12-19/h13-16,18-19H,3-12H2,1-2H3,(H,25,27)(H,26,28). The Morgan fingerprint density at radius 1 is 0.800 bits per heavy atom. The molecule has 164 valence electrons. The van der Waals surface area contributed by atoms with E-state index in [-0.39, 0.29) is 29.5 Å². The number of amides is 2. The minimum Gasteiger partial charge on any atom is -0.493 e. The van der Waals surface area contributed by atoms with Crippen molar-refractivity contribution in [2.45, 2.75) is 76.3 Å². The maximum absolute atomic E-state index is 13.1. The molecule has 0 spiro atoms. The number of nitrogens with one attached hydrogen (secondary N) is 2. The quantitative estimate of drug-likeness (QED) is 0.402. The van der Waals surface area contributed by atoms with E-state index < -0.39 is 0 Å². The summed E-state index contributed by atoms with van der Waals surface area (Å²) in [7, 11) is 3.14. The highest BCUT2D eigenvalue weighted by molar-refractivity contribution is 6.21. The van der Waals surface area contributed by atoms with Crippen LogP contribution in [-0.4, -0.2) is 38.1 Å². The van der Waals surface area contributed by atoms with Crippen LogP contribution >= 0.6 is 0 Å². The van der Waals surface area contributed by atoms with Gasteiger partial charge in [0.25, 0.3) is 11.8 Å². The van der Waals surface area contributed by atoms with Crippen molar-refractivity contribution in [2.24, 2.45) is 0 Å². The Balaban J connectivity index is 1.82. The summed E-state index contributed by atoms with van der Waals surface area (Å²) in [6.45, 7) is 0. The van der Waals surface area contributed by atoms with Gasteiger partial charge in [-0.1, -0.05) is 44.6 Å². The molecule has 3 rings (SSSR count). The normalized spacial score (nSPS) is 17.7. The maximum Gasteiger partial charge on any atom is 0.257 e. The zero-order chi connectivity index (χ0) is 21.3. The third-order valence-electron chi connectivity index (χ3n) is 6.09. The van der Waals surface area contributed by atoms with Crippen molar-refractivity contribution in [1.82, 2.24) is 10.6 Å². The zero-order valence-corrected chi connectivity index (χ0v) is 18.2. The summed E-state index contributed by atoms with van der Waals surface area (Å²) in [6.07, 6.45) is 12.4. The number of ether oxygens (including phenoxy) is 2. The van der Waals surface area contributed by atoms with Gasteiger partial charge in [-0.05, 0) is 49.5 Å². The second-order valence-electron chi connectivity index (χ2n) is 8.29. The number of rotatable bonds is 7. The van der Waals surface area contributed by atoms with Crippen molar-refractivity contribution in [2.75, 3.05) is 14.2 Å². The van der Waals surface area contributed by atoms with Crippen molar-refractivity contribution in [1.29, 1.82) is 0 Å². The van der Waals surface area contributed by atoms with Crippen molar-refractivity contribution in [3.05, 3.63) is 29.3 Å². The Hall–Kier alpha value is -2.50. The highest BCUT2D eigenvalue weighted by Gasteiger charge is 2.25. The number of hydrogen-bond acceptors (Lipinski definition) is 4. The number of carbonyl (C=O) groups is 2. The topological polar surface area (TPSA) is 76.7 Å². The van der Waals surface area contributed by atoms with Crippen LogP contribution in [0.15, 0.2) is 23.8 Å². The van der Waals surface area contributed by atoms with Crippen LogP contribution < -0.4 is 20.1 Å². The molecule has 0 radical (unpaired) electrons. The first-order valence-corrected chi connectivity index (χ1v) is 11.2. The molecule has 2 aliphatic rings. The molecule has 2 amide bonds. The Bertz CT molecular complexity index is 728. The van der Waals surface area contributed by atoms with Gasteiger partial charge >= 0.3 is 0 Å². The molecule has 2 saturated carbocycles. The lowest BCUT2D eigenvalue weighted by atomic mass is 9.94. The van der Waals surface area contributed by atoms with Gasteiger partial charge < -0.3 is 20.1 Å². The molecule has 0 aromatic heterocycles. The molecule has 0 unspecified atom stereocenters. The first-order chi connectivity index (χ1) is 14.6. The minimum absolute atomic E-state index is 0.141. The van der Waals surface area contributed by atoms with Crippen LogP contribution in [0, 0.1) is 0 Å². The van der Waals surface area contributed by atoms with Crippen LogP contribution in [0.25, 0.3) is 6.08 Å². The van der Waals surface area contributed by atoms with E-state index >= 15 is 0 Å². The Morgan fingerprint density at radius 3 is 1.77 bits per heavy atom. The predicted molar refractivity (Wildman–Crippen MR) is 118 cm³/mol. The molecule has 0 heterocycles. The SMILES string of the molecule is COc1ccc(C=C(C(=O)NC2CCCCC2)C(=O)NC2CCCCC2)cc1OC. The van der Waals surface area contributed by atoms with Crippen LogP contribution in [0.2, 0.25) is 0 Å². The lowest BCUT2D eigenvalue weighted by Gasteiger charge is -2.25. The molecule has 6 nitrogen and oxygen atoms in total. The lowest BCUT2D eigenvalue weighted by Crippen LogP contribution is -2.43. The van der Waals surface area contributed by atoms with Gasteiger partial charge in [-0.15, -0.1) is 0 Å². The molecule has 0 aliphatic heterocycles. The van der Waals surface area contributed by atoms with Crippen molar-refractivity contribution >= 4 is 17.9 Å². The molecule has 0 saturated heterocycles. The molecular formula is C24H34N2O4.